The number of anilines is 1. The standard InChI is InChI=1S/C33H30F6N4O/c1-5-44-26-18-16-25(17-19-26)42-21(3)27-20(2)40-41-31(28(27)22(42)4)43(29(32(34,35)36)23-12-8-6-9-13-23)30(33(37,38)39)24-14-10-7-11-15-24/h6-19,29-30H,5H2,1-4H3. The summed E-state index contributed by atoms with van der Waals surface area (Å²) < 4.78 is 98.3. The molecule has 11 heteroatoms. The zero-order valence-electron chi connectivity index (χ0n) is 24.4. The van der Waals surface area contributed by atoms with E-state index < -0.39 is 30.3 Å². The molecule has 0 amide bonds. The van der Waals surface area contributed by atoms with Crippen molar-refractivity contribution in [2.75, 3.05) is 11.5 Å². The molecule has 5 nitrogen and oxygen atoms in total. The smallest absolute Gasteiger partial charge is 0.413 e. The zero-order chi connectivity index (χ0) is 31.8. The van der Waals surface area contributed by atoms with Gasteiger partial charge < -0.3 is 14.2 Å². The van der Waals surface area contributed by atoms with Gasteiger partial charge in [-0.1, -0.05) is 60.7 Å². The van der Waals surface area contributed by atoms with Crippen LogP contribution in [0.5, 0.6) is 5.75 Å². The number of ether oxygens (including phenoxy) is 1. The van der Waals surface area contributed by atoms with Crippen LogP contribution in [0.15, 0.2) is 84.9 Å². The maximum Gasteiger partial charge on any atom is 0.413 e. The molecule has 2 aromatic heterocycles. The first-order valence-corrected chi connectivity index (χ1v) is 13.9. The minimum atomic E-state index is -5.13. The summed E-state index contributed by atoms with van der Waals surface area (Å²) in [6, 6.07) is 14.8. The average molecular weight is 613 g/mol. The monoisotopic (exact) mass is 612 g/mol. The molecule has 0 fully saturated rings. The Bertz CT molecular complexity index is 1680. The van der Waals surface area contributed by atoms with Gasteiger partial charge in [0.05, 0.1) is 12.3 Å². The van der Waals surface area contributed by atoms with Gasteiger partial charge in [-0.15, -0.1) is 5.10 Å². The Morgan fingerprint density at radius 3 is 1.61 bits per heavy atom. The molecular formula is C33H30F6N4O. The quantitative estimate of drug-likeness (QED) is 0.164. The summed E-state index contributed by atoms with van der Waals surface area (Å²) in [4.78, 5) is 0.342. The SMILES string of the molecule is CCOc1ccc(-n2c(C)c3c(C)nnc(N(C(c4ccccc4)C(F)(F)F)C(c4ccccc4)C(F)(F)F)c3c2C)cc1. The Morgan fingerprint density at radius 1 is 0.682 bits per heavy atom. The van der Waals surface area contributed by atoms with Crippen molar-refractivity contribution in [3.8, 4) is 11.4 Å². The van der Waals surface area contributed by atoms with Crippen LogP contribution in [0.1, 0.15) is 47.2 Å². The zero-order valence-corrected chi connectivity index (χ0v) is 24.4. The van der Waals surface area contributed by atoms with Crippen molar-refractivity contribution in [1.82, 2.24) is 14.8 Å². The van der Waals surface area contributed by atoms with Gasteiger partial charge in [-0.05, 0) is 63.1 Å². The van der Waals surface area contributed by atoms with Crippen LogP contribution in [0.3, 0.4) is 0 Å². The summed E-state index contributed by atoms with van der Waals surface area (Å²) in [5.41, 5.74) is 1.33. The van der Waals surface area contributed by atoms with Gasteiger partial charge in [0.15, 0.2) is 17.9 Å². The Kier molecular flexibility index (Phi) is 8.33. The lowest BCUT2D eigenvalue weighted by molar-refractivity contribution is -0.177. The highest BCUT2D eigenvalue weighted by Gasteiger charge is 2.55. The molecule has 5 aromatic rings. The lowest BCUT2D eigenvalue weighted by Gasteiger charge is -2.41. The van der Waals surface area contributed by atoms with E-state index >= 15 is 26.3 Å². The molecular weight excluding hydrogens is 582 g/mol. The average Bonchev–Trinajstić information content (AvgIpc) is 3.24. The number of nitrogens with zero attached hydrogens (tertiary/aromatic N) is 4. The third-order valence-electron chi connectivity index (χ3n) is 7.58. The molecule has 0 aliphatic rings. The summed E-state index contributed by atoms with van der Waals surface area (Å²) in [7, 11) is 0. The number of hydrogen-bond acceptors (Lipinski definition) is 4. The molecule has 0 aliphatic heterocycles. The first-order chi connectivity index (χ1) is 20.8. The second-order valence-electron chi connectivity index (χ2n) is 10.4. The van der Waals surface area contributed by atoms with Crippen LogP contribution in [0.25, 0.3) is 16.5 Å². The maximum absolute atomic E-state index is 15.2. The number of aromatic nitrogens is 3. The van der Waals surface area contributed by atoms with E-state index in [1.807, 2.05) is 6.92 Å². The summed E-state index contributed by atoms with van der Waals surface area (Å²) in [6.07, 6.45) is -10.3. The second kappa shape index (κ2) is 11.9. The van der Waals surface area contributed by atoms with Gasteiger partial charge in [0.1, 0.15) is 5.75 Å². The van der Waals surface area contributed by atoms with Crippen LogP contribution in [-0.2, 0) is 0 Å². The highest BCUT2D eigenvalue weighted by molar-refractivity contribution is 5.99. The van der Waals surface area contributed by atoms with Gasteiger partial charge in [0.25, 0.3) is 0 Å². The third kappa shape index (κ3) is 5.70. The van der Waals surface area contributed by atoms with E-state index in [1.54, 1.807) is 49.6 Å². The number of rotatable bonds is 8. The molecule has 0 bridgehead atoms. The molecule has 2 atom stereocenters. The van der Waals surface area contributed by atoms with Gasteiger partial charge in [-0.25, -0.2) is 0 Å². The largest absolute Gasteiger partial charge is 0.494 e. The molecule has 230 valence electrons. The molecule has 0 spiro atoms. The Hall–Kier alpha value is -4.54. The lowest BCUT2D eigenvalue weighted by atomic mass is 9.97. The third-order valence-corrected chi connectivity index (χ3v) is 7.58. The van der Waals surface area contributed by atoms with E-state index in [9.17, 15) is 0 Å². The van der Waals surface area contributed by atoms with E-state index in [2.05, 4.69) is 10.2 Å². The minimum absolute atomic E-state index is 0.152. The normalized spacial score (nSPS) is 13.6. The van der Waals surface area contributed by atoms with Crippen molar-refractivity contribution in [3.05, 3.63) is 113 Å². The minimum Gasteiger partial charge on any atom is -0.494 e. The fourth-order valence-electron chi connectivity index (χ4n) is 5.88. The first kappa shape index (κ1) is 30.9. The van der Waals surface area contributed by atoms with Crippen molar-refractivity contribution in [3.63, 3.8) is 0 Å². The van der Waals surface area contributed by atoms with Crippen molar-refractivity contribution < 1.29 is 31.1 Å². The summed E-state index contributed by atoms with van der Waals surface area (Å²) in [6.45, 7) is 7.36. The van der Waals surface area contributed by atoms with Gasteiger partial charge in [0, 0.05) is 27.8 Å². The van der Waals surface area contributed by atoms with Crippen molar-refractivity contribution in [1.29, 1.82) is 0 Å². The summed E-state index contributed by atoms with van der Waals surface area (Å²) >= 11 is 0. The topological polar surface area (TPSA) is 43.2 Å². The number of alkyl halides is 6. The number of aryl methyl sites for hydroxylation is 3. The van der Waals surface area contributed by atoms with Gasteiger partial charge in [-0.3, -0.25) is 0 Å². The molecule has 0 saturated heterocycles. The molecule has 3 aromatic carbocycles. The summed E-state index contributed by atoms with van der Waals surface area (Å²) in [5, 5.41) is 8.83. The van der Waals surface area contributed by atoms with Crippen molar-refractivity contribution in [2.45, 2.75) is 52.1 Å². The molecule has 0 N–H and O–H groups in total. The number of hydrogen-bond donors (Lipinski definition) is 0. The molecule has 5 rings (SSSR count). The van der Waals surface area contributed by atoms with Crippen molar-refractivity contribution in [2.24, 2.45) is 0 Å². The first-order valence-electron chi connectivity index (χ1n) is 13.9. The predicted octanol–water partition coefficient (Wildman–Crippen LogP) is 9.16. The number of fused-ring (bicyclic) bond motifs is 1. The lowest BCUT2D eigenvalue weighted by Crippen LogP contribution is -2.47. The van der Waals surface area contributed by atoms with Crippen LogP contribution in [-0.4, -0.2) is 33.7 Å². The molecule has 0 radical (unpaired) electrons. The van der Waals surface area contributed by atoms with E-state index in [0.29, 0.717) is 45.4 Å². The van der Waals surface area contributed by atoms with Crippen molar-refractivity contribution >= 4 is 16.6 Å². The van der Waals surface area contributed by atoms with Crippen LogP contribution >= 0.6 is 0 Å². The van der Waals surface area contributed by atoms with Gasteiger partial charge in [0.2, 0.25) is 0 Å². The fraction of sp³-hybridized carbons (Fsp3) is 0.273. The highest BCUT2D eigenvalue weighted by Crippen LogP contribution is 2.51. The van der Waals surface area contributed by atoms with Gasteiger partial charge >= 0.3 is 12.4 Å². The fourth-order valence-corrected chi connectivity index (χ4v) is 5.88. The number of halogens is 6. The van der Waals surface area contributed by atoms with E-state index in [-0.39, 0.29) is 16.5 Å². The molecule has 0 aliphatic carbocycles. The van der Waals surface area contributed by atoms with Crippen LogP contribution in [0.2, 0.25) is 0 Å². The Morgan fingerprint density at radius 2 is 1.16 bits per heavy atom. The van der Waals surface area contributed by atoms with E-state index in [1.165, 1.54) is 60.7 Å². The molecule has 0 saturated carbocycles. The van der Waals surface area contributed by atoms with Crippen LogP contribution in [0, 0.1) is 20.8 Å². The second-order valence-corrected chi connectivity index (χ2v) is 10.4. The maximum atomic E-state index is 15.2. The Balaban J connectivity index is 1.87. The predicted molar refractivity (Wildman–Crippen MR) is 157 cm³/mol. The molecule has 2 unspecified atom stereocenters. The van der Waals surface area contributed by atoms with Crippen LogP contribution in [0.4, 0.5) is 32.2 Å². The summed E-state index contributed by atoms with van der Waals surface area (Å²) in [5.74, 6) is 0.106. The molecule has 44 heavy (non-hydrogen) atoms. The molecule has 2 heterocycles. The van der Waals surface area contributed by atoms with E-state index in [4.69, 9.17) is 4.74 Å². The Labute approximate surface area is 250 Å². The number of benzene rings is 3. The highest BCUT2D eigenvalue weighted by atomic mass is 19.4. The van der Waals surface area contributed by atoms with Crippen LogP contribution < -0.4 is 9.64 Å². The van der Waals surface area contributed by atoms with E-state index in [0.717, 1.165) is 0 Å². The van der Waals surface area contributed by atoms with Gasteiger partial charge in [-0.2, -0.15) is 31.4 Å².